The monoisotopic (exact) mass is 250 g/mol. The summed E-state index contributed by atoms with van der Waals surface area (Å²) in [5.41, 5.74) is 0. The highest BCUT2D eigenvalue weighted by atomic mass is 32.1. The number of rotatable bonds is 3. The van der Waals surface area contributed by atoms with Crippen molar-refractivity contribution >= 4 is 17.2 Å². The Labute approximate surface area is 102 Å². The van der Waals surface area contributed by atoms with E-state index in [0.29, 0.717) is 12.4 Å². The fraction of sp³-hybridized carbons (Fsp3) is 0.250. The first-order valence-corrected chi connectivity index (χ1v) is 6.24. The Hall–Kier alpha value is -1.62. The number of benzene rings is 1. The molecular formula is C12H11FN2OS. The fourth-order valence-electron chi connectivity index (χ4n) is 1.77. The summed E-state index contributed by atoms with van der Waals surface area (Å²) < 4.78 is 18.4. The second-order valence-corrected chi connectivity index (χ2v) is 4.97. The number of halogens is 1. The van der Waals surface area contributed by atoms with Crippen molar-refractivity contribution < 1.29 is 9.13 Å². The van der Waals surface area contributed by atoms with E-state index in [9.17, 15) is 4.39 Å². The van der Waals surface area contributed by atoms with E-state index in [1.54, 1.807) is 23.5 Å². The van der Waals surface area contributed by atoms with Crippen LogP contribution in [-0.2, 0) is 13.0 Å². The van der Waals surface area contributed by atoms with E-state index in [2.05, 4.69) is 10.3 Å². The zero-order chi connectivity index (χ0) is 11.7. The van der Waals surface area contributed by atoms with E-state index in [-0.39, 0.29) is 5.82 Å². The number of thiazole rings is 1. The van der Waals surface area contributed by atoms with Gasteiger partial charge in [-0.1, -0.05) is 6.07 Å². The van der Waals surface area contributed by atoms with Crippen LogP contribution in [0.2, 0.25) is 0 Å². The Morgan fingerprint density at radius 3 is 3.24 bits per heavy atom. The van der Waals surface area contributed by atoms with Crippen molar-refractivity contribution in [2.75, 3.05) is 11.9 Å². The van der Waals surface area contributed by atoms with Gasteiger partial charge in [0.15, 0.2) is 0 Å². The van der Waals surface area contributed by atoms with Crippen molar-refractivity contribution in [1.82, 2.24) is 4.98 Å². The summed E-state index contributed by atoms with van der Waals surface area (Å²) in [6, 6.07) is 6.14. The lowest BCUT2D eigenvalue weighted by molar-refractivity contribution is 0.304. The van der Waals surface area contributed by atoms with Crippen LogP contribution in [0.15, 0.2) is 24.3 Å². The first kappa shape index (κ1) is 10.5. The standard InChI is InChI=1S/C12H11FN2OS/c13-8-2-1-3-9(6-8)16-7-11-15-12-10(17-11)4-5-14-12/h1-3,6,14H,4-5,7H2. The third kappa shape index (κ3) is 2.24. The topological polar surface area (TPSA) is 34.1 Å². The largest absolute Gasteiger partial charge is 0.486 e. The smallest absolute Gasteiger partial charge is 0.140 e. The Balaban J connectivity index is 1.67. The molecule has 1 aromatic carbocycles. The van der Waals surface area contributed by atoms with Gasteiger partial charge in [-0.2, -0.15) is 0 Å². The first-order chi connectivity index (χ1) is 8.31. The van der Waals surface area contributed by atoms with Crippen LogP contribution in [0, 0.1) is 5.82 Å². The number of fused-ring (bicyclic) bond motifs is 1. The molecule has 17 heavy (non-hydrogen) atoms. The molecule has 1 aliphatic heterocycles. The molecule has 0 saturated heterocycles. The van der Waals surface area contributed by atoms with Crippen LogP contribution in [-0.4, -0.2) is 11.5 Å². The zero-order valence-corrected chi connectivity index (χ0v) is 9.89. The molecule has 88 valence electrons. The zero-order valence-electron chi connectivity index (χ0n) is 9.07. The molecule has 0 atom stereocenters. The predicted octanol–water partition coefficient (Wildman–Crippen LogP) is 2.83. The fourth-order valence-corrected chi connectivity index (χ4v) is 2.72. The van der Waals surface area contributed by atoms with E-state index in [4.69, 9.17) is 4.74 Å². The summed E-state index contributed by atoms with van der Waals surface area (Å²) in [6.45, 7) is 1.36. The summed E-state index contributed by atoms with van der Waals surface area (Å²) >= 11 is 1.65. The Morgan fingerprint density at radius 1 is 1.47 bits per heavy atom. The average Bonchev–Trinajstić information content (AvgIpc) is 2.86. The van der Waals surface area contributed by atoms with Gasteiger partial charge in [0.05, 0.1) is 4.88 Å². The van der Waals surface area contributed by atoms with Gasteiger partial charge in [-0.3, -0.25) is 0 Å². The van der Waals surface area contributed by atoms with Crippen LogP contribution in [0.25, 0.3) is 0 Å². The van der Waals surface area contributed by atoms with Gasteiger partial charge in [0.1, 0.15) is 29.0 Å². The first-order valence-electron chi connectivity index (χ1n) is 5.42. The third-order valence-corrected chi connectivity index (χ3v) is 3.63. The lowest BCUT2D eigenvalue weighted by Gasteiger charge is -2.03. The number of aromatic nitrogens is 1. The molecule has 1 aromatic heterocycles. The van der Waals surface area contributed by atoms with E-state index >= 15 is 0 Å². The molecule has 0 amide bonds. The lowest BCUT2D eigenvalue weighted by Crippen LogP contribution is -1.98. The minimum absolute atomic E-state index is 0.286. The molecule has 5 heteroatoms. The van der Waals surface area contributed by atoms with Crippen LogP contribution in [0.4, 0.5) is 10.2 Å². The molecule has 0 fully saturated rings. The number of nitrogens with one attached hydrogen (secondary N) is 1. The molecule has 0 aliphatic carbocycles. The van der Waals surface area contributed by atoms with Gasteiger partial charge in [0.2, 0.25) is 0 Å². The van der Waals surface area contributed by atoms with Crippen LogP contribution < -0.4 is 10.1 Å². The maximum absolute atomic E-state index is 12.9. The number of nitrogens with zero attached hydrogens (tertiary/aromatic N) is 1. The Bertz CT molecular complexity index is 520. The highest BCUT2D eigenvalue weighted by molar-refractivity contribution is 7.12. The van der Waals surface area contributed by atoms with Gasteiger partial charge < -0.3 is 10.1 Å². The van der Waals surface area contributed by atoms with E-state index in [1.807, 2.05) is 0 Å². The van der Waals surface area contributed by atoms with Crippen LogP contribution >= 0.6 is 11.3 Å². The Kier molecular flexibility index (Phi) is 2.68. The third-order valence-electron chi connectivity index (χ3n) is 2.54. The summed E-state index contributed by atoms with van der Waals surface area (Å²) in [5.74, 6) is 1.23. The van der Waals surface area contributed by atoms with E-state index < -0.39 is 0 Å². The van der Waals surface area contributed by atoms with Gasteiger partial charge in [-0.05, 0) is 12.1 Å². The van der Waals surface area contributed by atoms with Gasteiger partial charge in [0, 0.05) is 19.0 Å². The SMILES string of the molecule is Fc1cccc(OCc2nc3c(s2)CCN3)c1. The van der Waals surface area contributed by atoms with Crippen LogP contribution in [0.3, 0.4) is 0 Å². The van der Waals surface area contributed by atoms with Crippen molar-refractivity contribution in [3.63, 3.8) is 0 Å². The molecule has 3 nitrogen and oxygen atoms in total. The highest BCUT2D eigenvalue weighted by Crippen LogP contribution is 2.28. The van der Waals surface area contributed by atoms with E-state index in [0.717, 1.165) is 23.8 Å². The molecule has 3 rings (SSSR count). The second kappa shape index (κ2) is 4.33. The molecule has 0 unspecified atom stereocenters. The number of anilines is 1. The molecule has 2 aromatic rings. The van der Waals surface area contributed by atoms with E-state index in [1.165, 1.54) is 17.0 Å². The summed E-state index contributed by atoms with van der Waals surface area (Å²) in [4.78, 5) is 5.70. The number of ether oxygens (including phenoxy) is 1. The molecular weight excluding hydrogens is 239 g/mol. The molecule has 2 heterocycles. The van der Waals surface area contributed by atoms with Gasteiger partial charge >= 0.3 is 0 Å². The van der Waals surface area contributed by atoms with Crippen molar-refractivity contribution in [1.29, 1.82) is 0 Å². The maximum atomic E-state index is 12.9. The quantitative estimate of drug-likeness (QED) is 0.909. The normalized spacial score (nSPS) is 13.2. The summed E-state index contributed by atoms with van der Waals surface area (Å²) in [7, 11) is 0. The van der Waals surface area contributed by atoms with Crippen molar-refractivity contribution in [3.05, 3.63) is 40.0 Å². The minimum atomic E-state index is -0.286. The van der Waals surface area contributed by atoms with Gasteiger partial charge in [-0.15, -0.1) is 11.3 Å². The predicted molar refractivity (Wildman–Crippen MR) is 65.0 cm³/mol. The maximum Gasteiger partial charge on any atom is 0.140 e. The van der Waals surface area contributed by atoms with Gasteiger partial charge in [0.25, 0.3) is 0 Å². The minimum Gasteiger partial charge on any atom is -0.486 e. The summed E-state index contributed by atoms with van der Waals surface area (Å²) in [6.07, 6.45) is 1.03. The van der Waals surface area contributed by atoms with Gasteiger partial charge in [-0.25, -0.2) is 9.37 Å². The molecule has 1 aliphatic rings. The molecule has 0 saturated carbocycles. The van der Waals surface area contributed by atoms with Crippen molar-refractivity contribution in [2.45, 2.75) is 13.0 Å². The lowest BCUT2D eigenvalue weighted by atomic mass is 10.3. The van der Waals surface area contributed by atoms with Crippen molar-refractivity contribution in [2.24, 2.45) is 0 Å². The van der Waals surface area contributed by atoms with Crippen LogP contribution in [0.5, 0.6) is 5.75 Å². The van der Waals surface area contributed by atoms with Crippen LogP contribution in [0.1, 0.15) is 9.88 Å². The molecule has 0 bridgehead atoms. The molecule has 0 radical (unpaired) electrons. The number of hydrogen-bond donors (Lipinski definition) is 1. The number of hydrogen-bond acceptors (Lipinski definition) is 4. The second-order valence-electron chi connectivity index (χ2n) is 3.80. The molecule has 0 spiro atoms. The average molecular weight is 250 g/mol. The summed E-state index contributed by atoms with van der Waals surface area (Å²) in [5, 5.41) is 4.13. The molecule has 1 N–H and O–H groups in total. The Morgan fingerprint density at radius 2 is 2.41 bits per heavy atom. The van der Waals surface area contributed by atoms with Crippen molar-refractivity contribution in [3.8, 4) is 5.75 Å². The highest BCUT2D eigenvalue weighted by Gasteiger charge is 2.16.